The minimum absolute atomic E-state index is 0.619. The van der Waals surface area contributed by atoms with Crippen molar-refractivity contribution in [1.82, 2.24) is 9.80 Å². The van der Waals surface area contributed by atoms with Crippen molar-refractivity contribution in [3.05, 3.63) is 35.4 Å². The van der Waals surface area contributed by atoms with Crippen molar-refractivity contribution in [1.29, 1.82) is 0 Å². The van der Waals surface area contributed by atoms with Crippen molar-refractivity contribution in [3.63, 3.8) is 0 Å². The van der Waals surface area contributed by atoms with Gasteiger partial charge >= 0.3 is 0 Å². The Morgan fingerprint density at radius 1 is 1.12 bits per heavy atom. The first-order valence-corrected chi connectivity index (χ1v) is 10.2. The molecule has 0 aromatic heterocycles. The van der Waals surface area contributed by atoms with Crippen molar-refractivity contribution in [2.75, 3.05) is 32.7 Å². The highest BCUT2D eigenvalue weighted by atomic mass is 16.1. The summed E-state index contributed by atoms with van der Waals surface area (Å²) in [5.74, 6) is 2.27. The summed E-state index contributed by atoms with van der Waals surface area (Å²) >= 11 is 0. The van der Waals surface area contributed by atoms with Crippen molar-refractivity contribution < 1.29 is 4.79 Å². The Labute approximate surface area is 152 Å². The van der Waals surface area contributed by atoms with Gasteiger partial charge in [-0.3, -0.25) is 4.90 Å². The van der Waals surface area contributed by atoms with Gasteiger partial charge < -0.3 is 9.69 Å². The van der Waals surface area contributed by atoms with Crippen LogP contribution in [0.1, 0.15) is 49.7 Å². The first-order valence-electron chi connectivity index (χ1n) is 10.2. The Balaban J connectivity index is 1.35. The summed E-state index contributed by atoms with van der Waals surface area (Å²) in [6.45, 7) is 7.71. The predicted octanol–water partition coefficient (Wildman–Crippen LogP) is 3.34. The molecule has 1 aromatic rings. The first kappa shape index (κ1) is 17.2. The third-order valence-corrected chi connectivity index (χ3v) is 7.05. The van der Waals surface area contributed by atoms with E-state index in [1.54, 1.807) is 0 Å². The predicted molar refractivity (Wildman–Crippen MR) is 102 cm³/mol. The summed E-state index contributed by atoms with van der Waals surface area (Å²) in [4.78, 5) is 15.8. The van der Waals surface area contributed by atoms with Gasteiger partial charge in [0.1, 0.15) is 6.29 Å². The van der Waals surface area contributed by atoms with Crippen LogP contribution in [0, 0.1) is 11.8 Å². The number of hydrogen-bond donors (Lipinski definition) is 0. The highest BCUT2D eigenvalue weighted by molar-refractivity contribution is 5.52. The number of carbonyl (C=O) groups is 1. The Hall–Kier alpha value is -1.19. The molecule has 4 rings (SSSR count). The summed E-state index contributed by atoms with van der Waals surface area (Å²) < 4.78 is 0. The topological polar surface area (TPSA) is 23.6 Å². The highest BCUT2D eigenvalue weighted by Gasteiger charge is 2.42. The van der Waals surface area contributed by atoms with Crippen molar-refractivity contribution >= 4 is 6.29 Å². The standard InChI is InChI=1S/C22H32N2O/c1-17-3-2-11-24(17)12-10-18-4-6-19(7-5-18)21-9-8-20-15-23(13-14-25)16-22(20)21/h4-7,14,17,20-22H,2-3,8-13,15-16H2,1H3. The summed E-state index contributed by atoms with van der Waals surface area (Å²) in [5, 5.41) is 0. The SMILES string of the molecule is CC1CCCN1CCc1ccc(C2CCC3CN(CC=O)CC32)cc1. The molecule has 25 heavy (non-hydrogen) atoms. The number of nitrogens with zero attached hydrogens (tertiary/aromatic N) is 2. The molecule has 0 radical (unpaired) electrons. The smallest absolute Gasteiger partial charge is 0.133 e. The molecule has 4 unspecified atom stereocenters. The Bertz CT molecular complexity index is 584. The van der Waals surface area contributed by atoms with Gasteiger partial charge in [0.25, 0.3) is 0 Å². The maximum Gasteiger partial charge on any atom is 0.133 e. The molecular weight excluding hydrogens is 308 g/mol. The van der Waals surface area contributed by atoms with Gasteiger partial charge in [-0.2, -0.15) is 0 Å². The van der Waals surface area contributed by atoms with Crippen LogP contribution in [0.2, 0.25) is 0 Å². The summed E-state index contributed by atoms with van der Waals surface area (Å²) in [6.07, 6.45) is 7.63. The van der Waals surface area contributed by atoms with Crippen LogP contribution in [-0.2, 0) is 11.2 Å². The molecule has 0 spiro atoms. The van der Waals surface area contributed by atoms with Gasteiger partial charge in [0, 0.05) is 25.7 Å². The Morgan fingerprint density at radius 2 is 1.96 bits per heavy atom. The maximum absolute atomic E-state index is 10.8. The van der Waals surface area contributed by atoms with Gasteiger partial charge in [0.15, 0.2) is 0 Å². The summed E-state index contributed by atoms with van der Waals surface area (Å²) in [6, 6.07) is 10.3. The zero-order chi connectivity index (χ0) is 17.2. The molecular formula is C22H32N2O. The van der Waals surface area contributed by atoms with E-state index in [1.165, 1.54) is 56.3 Å². The van der Waals surface area contributed by atoms with Crippen LogP contribution in [0.5, 0.6) is 0 Å². The van der Waals surface area contributed by atoms with Gasteiger partial charge in [0.2, 0.25) is 0 Å². The van der Waals surface area contributed by atoms with Crippen molar-refractivity contribution in [2.45, 2.75) is 51.0 Å². The second-order valence-corrected chi connectivity index (χ2v) is 8.51. The van der Waals surface area contributed by atoms with E-state index in [0.717, 1.165) is 37.3 Å². The molecule has 2 heterocycles. The van der Waals surface area contributed by atoms with Crippen LogP contribution in [0.15, 0.2) is 24.3 Å². The number of carbonyl (C=O) groups excluding carboxylic acids is 1. The number of fused-ring (bicyclic) bond motifs is 1. The van der Waals surface area contributed by atoms with E-state index >= 15 is 0 Å². The van der Waals surface area contributed by atoms with Gasteiger partial charge in [-0.15, -0.1) is 0 Å². The van der Waals surface area contributed by atoms with E-state index in [9.17, 15) is 4.79 Å². The van der Waals surface area contributed by atoms with E-state index in [0.29, 0.717) is 12.5 Å². The number of hydrogen-bond acceptors (Lipinski definition) is 3. The molecule has 3 fully saturated rings. The molecule has 0 N–H and O–H groups in total. The Morgan fingerprint density at radius 3 is 2.68 bits per heavy atom. The average molecular weight is 341 g/mol. The molecule has 2 aliphatic heterocycles. The minimum Gasteiger partial charge on any atom is -0.302 e. The molecule has 1 aliphatic carbocycles. The zero-order valence-electron chi connectivity index (χ0n) is 15.6. The molecule has 2 saturated heterocycles. The molecule has 4 atom stereocenters. The maximum atomic E-state index is 10.8. The number of aldehydes is 1. The zero-order valence-corrected chi connectivity index (χ0v) is 15.6. The van der Waals surface area contributed by atoms with Crippen LogP contribution in [-0.4, -0.2) is 54.9 Å². The third-order valence-electron chi connectivity index (χ3n) is 7.05. The average Bonchev–Trinajstić information content (AvgIpc) is 3.30. The second-order valence-electron chi connectivity index (χ2n) is 8.51. The number of rotatable bonds is 6. The molecule has 136 valence electrons. The molecule has 1 saturated carbocycles. The van der Waals surface area contributed by atoms with Crippen LogP contribution in [0.3, 0.4) is 0 Å². The van der Waals surface area contributed by atoms with Gasteiger partial charge in [-0.1, -0.05) is 24.3 Å². The van der Waals surface area contributed by atoms with Crippen LogP contribution < -0.4 is 0 Å². The van der Waals surface area contributed by atoms with E-state index in [1.807, 2.05) is 0 Å². The number of benzene rings is 1. The second kappa shape index (κ2) is 7.59. The fourth-order valence-corrected chi connectivity index (χ4v) is 5.56. The van der Waals surface area contributed by atoms with E-state index in [2.05, 4.69) is 41.0 Å². The van der Waals surface area contributed by atoms with E-state index in [-0.39, 0.29) is 0 Å². The fourth-order valence-electron chi connectivity index (χ4n) is 5.56. The van der Waals surface area contributed by atoms with E-state index in [4.69, 9.17) is 0 Å². The van der Waals surface area contributed by atoms with Gasteiger partial charge in [0.05, 0.1) is 6.54 Å². The van der Waals surface area contributed by atoms with E-state index < -0.39 is 0 Å². The fraction of sp³-hybridized carbons (Fsp3) is 0.682. The van der Waals surface area contributed by atoms with Crippen molar-refractivity contribution in [3.8, 4) is 0 Å². The van der Waals surface area contributed by atoms with Crippen LogP contribution >= 0.6 is 0 Å². The van der Waals surface area contributed by atoms with Crippen molar-refractivity contribution in [2.24, 2.45) is 11.8 Å². The van der Waals surface area contributed by atoms with Gasteiger partial charge in [-0.05, 0) is 74.5 Å². The molecule has 3 nitrogen and oxygen atoms in total. The third kappa shape index (κ3) is 3.68. The summed E-state index contributed by atoms with van der Waals surface area (Å²) in [5.41, 5.74) is 3.00. The monoisotopic (exact) mass is 340 g/mol. The normalized spacial score (nSPS) is 33.0. The molecule has 3 heteroatoms. The largest absolute Gasteiger partial charge is 0.302 e. The lowest BCUT2D eigenvalue weighted by Crippen LogP contribution is -2.28. The molecule has 3 aliphatic rings. The number of likely N-dealkylation sites (tertiary alicyclic amines) is 2. The lowest BCUT2D eigenvalue weighted by molar-refractivity contribution is -0.108. The Kier molecular flexibility index (Phi) is 5.23. The molecule has 0 bridgehead atoms. The quantitative estimate of drug-likeness (QED) is 0.742. The van der Waals surface area contributed by atoms with Gasteiger partial charge in [-0.25, -0.2) is 0 Å². The highest BCUT2D eigenvalue weighted by Crippen LogP contribution is 2.47. The lowest BCUT2D eigenvalue weighted by atomic mass is 9.86. The molecule has 1 aromatic carbocycles. The van der Waals surface area contributed by atoms with Crippen LogP contribution in [0.4, 0.5) is 0 Å². The summed E-state index contributed by atoms with van der Waals surface area (Å²) in [7, 11) is 0. The first-order chi connectivity index (χ1) is 12.2. The minimum atomic E-state index is 0.619. The molecule has 0 amide bonds. The lowest BCUT2D eigenvalue weighted by Gasteiger charge is -2.22. The van der Waals surface area contributed by atoms with Crippen LogP contribution in [0.25, 0.3) is 0 Å².